The van der Waals surface area contributed by atoms with Gasteiger partial charge in [0.25, 0.3) is 5.91 Å². The van der Waals surface area contributed by atoms with E-state index in [4.69, 9.17) is 4.74 Å². The van der Waals surface area contributed by atoms with Crippen molar-refractivity contribution in [2.75, 3.05) is 14.1 Å². The zero-order valence-electron chi connectivity index (χ0n) is 16.4. The molecular formula is C20H29N5O2. The second kappa shape index (κ2) is 9.10. The lowest BCUT2D eigenvalue weighted by molar-refractivity contribution is 0.0276. The van der Waals surface area contributed by atoms with E-state index in [9.17, 15) is 4.79 Å². The predicted molar refractivity (Wildman–Crippen MR) is 103 cm³/mol. The quantitative estimate of drug-likeness (QED) is 0.791. The van der Waals surface area contributed by atoms with Gasteiger partial charge in [-0.25, -0.2) is 9.69 Å². The van der Waals surface area contributed by atoms with E-state index in [2.05, 4.69) is 22.7 Å². The average Bonchev–Trinajstić information content (AvgIpc) is 3.03. The first kappa shape index (κ1) is 19.5. The molecule has 1 amide bonds. The van der Waals surface area contributed by atoms with Crippen LogP contribution in [0, 0.1) is 0 Å². The van der Waals surface area contributed by atoms with Gasteiger partial charge in [0.05, 0.1) is 12.3 Å². The van der Waals surface area contributed by atoms with Gasteiger partial charge in [-0.1, -0.05) is 30.2 Å². The first-order chi connectivity index (χ1) is 13.1. The molecule has 1 unspecified atom stereocenters. The molecule has 0 saturated heterocycles. The summed E-state index contributed by atoms with van der Waals surface area (Å²) in [6.45, 7) is 3.43. The summed E-state index contributed by atoms with van der Waals surface area (Å²) in [6.07, 6.45) is 5.52. The van der Waals surface area contributed by atoms with Crippen molar-refractivity contribution >= 4 is 5.91 Å². The SMILES string of the molecule is CCn1nnc2c1CCCCCC2OCc1ccc(C(=O)NN(C)C)cc1. The molecule has 1 aliphatic rings. The Morgan fingerprint density at radius 3 is 2.74 bits per heavy atom. The number of nitrogens with zero attached hydrogens (tertiary/aromatic N) is 4. The molecular weight excluding hydrogens is 342 g/mol. The second-order valence-corrected chi connectivity index (χ2v) is 7.17. The van der Waals surface area contributed by atoms with Crippen LogP contribution in [0.3, 0.4) is 0 Å². The lowest BCUT2D eigenvalue weighted by atomic mass is 9.98. The third-order valence-corrected chi connectivity index (χ3v) is 4.84. The molecule has 0 saturated carbocycles. The molecule has 0 aliphatic heterocycles. The normalized spacial score (nSPS) is 17.3. The topological polar surface area (TPSA) is 72.3 Å². The summed E-state index contributed by atoms with van der Waals surface area (Å²) in [6, 6.07) is 7.54. The maximum Gasteiger partial charge on any atom is 0.265 e. The van der Waals surface area contributed by atoms with Crippen LogP contribution in [0.15, 0.2) is 24.3 Å². The van der Waals surface area contributed by atoms with Gasteiger partial charge in [-0.15, -0.1) is 5.10 Å². The monoisotopic (exact) mass is 371 g/mol. The van der Waals surface area contributed by atoms with Crippen LogP contribution in [-0.2, 0) is 24.3 Å². The Labute approximate surface area is 160 Å². The first-order valence-electron chi connectivity index (χ1n) is 9.69. The third-order valence-electron chi connectivity index (χ3n) is 4.84. The fraction of sp³-hybridized carbons (Fsp3) is 0.550. The highest BCUT2D eigenvalue weighted by atomic mass is 16.5. The molecule has 1 aromatic carbocycles. The van der Waals surface area contributed by atoms with Gasteiger partial charge < -0.3 is 4.74 Å². The zero-order valence-corrected chi connectivity index (χ0v) is 16.4. The molecule has 0 fully saturated rings. The molecule has 1 aliphatic carbocycles. The van der Waals surface area contributed by atoms with E-state index in [0.717, 1.165) is 37.1 Å². The highest BCUT2D eigenvalue weighted by molar-refractivity contribution is 5.93. The average molecular weight is 371 g/mol. The number of carbonyl (C=O) groups is 1. The van der Waals surface area contributed by atoms with Crippen LogP contribution < -0.4 is 5.43 Å². The standard InChI is InChI=1S/C20H29N5O2/c1-4-25-17-8-6-5-7-9-18(19(17)21-23-25)27-14-15-10-12-16(13-11-15)20(26)22-24(2)3/h10-13,18H,4-9,14H2,1-3H3,(H,22,26). The van der Waals surface area contributed by atoms with Gasteiger partial charge in [0.2, 0.25) is 0 Å². The van der Waals surface area contributed by atoms with Crippen LogP contribution in [0.5, 0.6) is 0 Å². The number of fused-ring (bicyclic) bond motifs is 1. The maximum atomic E-state index is 12.0. The number of hydrogen-bond acceptors (Lipinski definition) is 5. The Hall–Kier alpha value is -2.25. The number of ether oxygens (including phenoxy) is 1. The van der Waals surface area contributed by atoms with Crippen molar-refractivity contribution in [2.45, 2.75) is 58.3 Å². The van der Waals surface area contributed by atoms with Crippen LogP contribution in [-0.4, -0.2) is 40.0 Å². The number of aromatic nitrogens is 3. The van der Waals surface area contributed by atoms with Crippen LogP contribution in [0.4, 0.5) is 0 Å². The summed E-state index contributed by atoms with van der Waals surface area (Å²) in [5, 5.41) is 10.3. The number of hydrazine groups is 1. The number of rotatable bonds is 6. The zero-order chi connectivity index (χ0) is 19.2. The summed E-state index contributed by atoms with van der Waals surface area (Å²) in [4.78, 5) is 12.0. The molecule has 146 valence electrons. The molecule has 7 nitrogen and oxygen atoms in total. The van der Waals surface area contributed by atoms with Crippen LogP contribution in [0.25, 0.3) is 0 Å². The number of carbonyl (C=O) groups excluding carboxylic acids is 1. The Morgan fingerprint density at radius 1 is 1.26 bits per heavy atom. The maximum absolute atomic E-state index is 12.0. The number of aryl methyl sites for hydroxylation is 1. The highest BCUT2D eigenvalue weighted by Gasteiger charge is 2.24. The largest absolute Gasteiger partial charge is 0.367 e. The van der Waals surface area contributed by atoms with Crippen molar-refractivity contribution in [3.8, 4) is 0 Å². The molecule has 3 rings (SSSR count). The lowest BCUT2D eigenvalue weighted by Crippen LogP contribution is -2.36. The Morgan fingerprint density at radius 2 is 2.04 bits per heavy atom. The molecule has 1 aromatic heterocycles. The molecule has 27 heavy (non-hydrogen) atoms. The van der Waals surface area contributed by atoms with Crippen LogP contribution in [0.1, 0.15) is 66.0 Å². The number of nitrogens with one attached hydrogen (secondary N) is 1. The van der Waals surface area contributed by atoms with Gasteiger partial charge in [-0.2, -0.15) is 0 Å². The summed E-state index contributed by atoms with van der Waals surface area (Å²) < 4.78 is 8.22. The molecule has 7 heteroatoms. The molecule has 1 N–H and O–H groups in total. The highest BCUT2D eigenvalue weighted by Crippen LogP contribution is 2.30. The van der Waals surface area contributed by atoms with Gasteiger partial charge in [0, 0.05) is 26.2 Å². The predicted octanol–water partition coefficient (Wildman–Crippen LogP) is 2.88. The van der Waals surface area contributed by atoms with E-state index in [-0.39, 0.29) is 12.0 Å². The summed E-state index contributed by atoms with van der Waals surface area (Å²) in [7, 11) is 3.58. The van der Waals surface area contributed by atoms with Gasteiger partial charge in [0.1, 0.15) is 11.8 Å². The van der Waals surface area contributed by atoms with Gasteiger partial charge in [0.15, 0.2) is 0 Å². The van der Waals surface area contributed by atoms with E-state index < -0.39 is 0 Å². The van der Waals surface area contributed by atoms with Crippen molar-refractivity contribution in [3.05, 3.63) is 46.8 Å². The third kappa shape index (κ3) is 4.93. The van der Waals surface area contributed by atoms with Gasteiger partial charge in [-0.3, -0.25) is 10.2 Å². The smallest absolute Gasteiger partial charge is 0.265 e. The van der Waals surface area contributed by atoms with E-state index in [1.807, 2.05) is 28.9 Å². The Bertz CT molecular complexity index is 754. The minimum atomic E-state index is -0.117. The molecule has 0 spiro atoms. The Kier molecular flexibility index (Phi) is 6.58. The summed E-state index contributed by atoms with van der Waals surface area (Å²) >= 11 is 0. The number of amides is 1. The van der Waals surface area contributed by atoms with E-state index in [1.54, 1.807) is 19.1 Å². The first-order valence-corrected chi connectivity index (χ1v) is 9.69. The van der Waals surface area contributed by atoms with Gasteiger partial charge >= 0.3 is 0 Å². The molecule has 0 bridgehead atoms. The van der Waals surface area contributed by atoms with Crippen molar-refractivity contribution in [1.29, 1.82) is 0 Å². The lowest BCUT2D eigenvalue weighted by Gasteiger charge is -2.20. The van der Waals surface area contributed by atoms with Crippen LogP contribution >= 0.6 is 0 Å². The fourth-order valence-electron chi connectivity index (χ4n) is 3.42. The molecule has 2 aromatic rings. The minimum Gasteiger partial charge on any atom is -0.367 e. The number of hydrogen-bond donors (Lipinski definition) is 1. The van der Waals surface area contributed by atoms with Gasteiger partial charge in [-0.05, 0) is 43.9 Å². The summed E-state index contributed by atoms with van der Waals surface area (Å²) in [5.74, 6) is -0.117. The minimum absolute atomic E-state index is 0.0164. The fourth-order valence-corrected chi connectivity index (χ4v) is 3.42. The van der Waals surface area contributed by atoms with Crippen LogP contribution in [0.2, 0.25) is 0 Å². The molecule has 1 atom stereocenters. The Balaban J connectivity index is 1.66. The summed E-state index contributed by atoms with van der Waals surface area (Å²) in [5.41, 5.74) is 6.63. The van der Waals surface area contributed by atoms with E-state index in [1.165, 1.54) is 18.5 Å². The van der Waals surface area contributed by atoms with Crippen molar-refractivity contribution < 1.29 is 9.53 Å². The molecule has 0 radical (unpaired) electrons. The number of benzene rings is 1. The van der Waals surface area contributed by atoms with Crippen molar-refractivity contribution in [1.82, 2.24) is 25.4 Å². The van der Waals surface area contributed by atoms with Crippen molar-refractivity contribution in [3.63, 3.8) is 0 Å². The molecule has 1 heterocycles. The van der Waals surface area contributed by atoms with Crippen molar-refractivity contribution in [2.24, 2.45) is 0 Å². The van der Waals surface area contributed by atoms with E-state index >= 15 is 0 Å². The van der Waals surface area contributed by atoms with E-state index in [0.29, 0.717) is 12.2 Å². The second-order valence-electron chi connectivity index (χ2n) is 7.17.